The normalized spacial score (nSPS) is 22.7. The van der Waals surface area contributed by atoms with E-state index in [-0.39, 0.29) is 11.3 Å². The van der Waals surface area contributed by atoms with Gasteiger partial charge in [0.1, 0.15) is 0 Å². The SMILES string of the molecule is CCn1nc(C(=O)N2CCOCC2)c2c1CCC(NCC1(c3ccccc3)CCCC1)C2. The fourth-order valence-corrected chi connectivity index (χ4v) is 5.96. The second kappa shape index (κ2) is 9.36. The van der Waals surface area contributed by atoms with Crippen LogP contribution in [-0.4, -0.2) is 59.5 Å². The molecule has 0 bridgehead atoms. The summed E-state index contributed by atoms with van der Waals surface area (Å²) < 4.78 is 7.50. The van der Waals surface area contributed by atoms with Crippen molar-refractivity contribution in [1.82, 2.24) is 20.0 Å². The average Bonchev–Trinajstić information content (AvgIpc) is 3.49. The van der Waals surface area contributed by atoms with E-state index in [1.165, 1.54) is 42.5 Å². The van der Waals surface area contributed by atoms with Gasteiger partial charge in [0.15, 0.2) is 5.69 Å². The number of fused-ring (bicyclic) bond motifs is 1. The summed E-state index contributed by atoms with van der Waals surface area (Å²) in [6, 6.07) is 11.5. The van der Waals surface area contributed by atoms with Crippen LogP contribution in [0.25, 0.3) is 0 Å². The number of amides is 1. The van der Waals surface area contributed by atoms with Gasteiger partial charge in [-0.15, -0.1) is 0 Å². The summed E-state index contributed by atoms with van der Waals surface area (Å²) in [6.45, 7) is 6.51. The average molecular weight is 437 g/mol. The number of morpholine rings is 1. The Bertz CT molecular complexity index is 927. The Morgan fingerprint density at radius 1 is 1.19 bits per heavy atom. The Morgan fingerprint density at radius 2 is 1.94 bits per heavy atom. The van der Waals surface area contributed by atoms with Crippen LogP contribution in [0.5, 0.6) is 0 Å². The summed E-state index contributed by atoms with van der Waals surface area (Å²) in [5.74, 6) is 0.0777. The summed E-state index contributed by atoms with van der Waals surface area (Å²) in [4.78, 5) is 15.2. The molecule has 32 heavy (non-hydrogen) atoms. The van der Waals surface area contributed by atoms with Crippen molar-refractivity contribution in [2.45, 2.75) is 69.9 Å². The van der Waals surface area contributed by atoms with Crippen molar-refractivity contribution in [3.05, 3.63) is 52.8 Å². The molecule has 172 valence electrons. The topological polar surface area (TPSA) is 59.4 Å². The van der Waals surface area contributed by atoms with Gasteiger partial charge in [0.2, 0.25) is 0 Å². The molecule has 1 unspecified atom stereocenters. The molecule has 6 heteroatoms. The van der Waals surface area contributed by atoms with Gasteiger partial charge in [-0.25, -0.2) is 0 Å². The molecule has 2 heterocycles. The number of nitrogens with one attached hydrogen (secondary N) is 1. The van der Waals surface area contributed by atoms with Gasteiger partial charge in [0.25, 0.3) is 5.91 Å². The van der Waals surface area contributed by atoms with E-state index in [2.05, 4.69) is 47.3 Å². The first-order chi connectivity index (χ1) is 15.7. The van der Waals surface area contributed by atoms with Crippen LogP contribution in [-0.2, 0) is 29.5 Å². The highest BCUT2D eigenvalue weighted by molar-refractivity contribution is 5.94. The predicted octanol–water partition coefficient (Wildman–Crippen LogP) is 3.33. The molecule has 2 aromatic rings. The third-order valence-corrected chi connectivity index (χ3v) is 7.82. The third kappa shape index (κ3) is 4.11. The molecular formula is C26H36N4O2. The lowest BCUT2D eigenvalue weighted by Crippen LogP contribution is -2.44. The van der Waals surface area contributed by atoms with E-state index in [1.54, 1.807) is 0 Å². The van der Waals surface area contributed by atoms with Gasteiger partial charge in [-0.1, -0.05) is 43.2 Å². The second-order valence-electron chi connectivity index (χ2n) is 9.67. The first-order valence-electron chi connectivity index (χ1n) is 12.4. The smallest absolute Gasteiger partial charge is 0.274 e. The van der Waals surface area contributed by atoms with Crippen molar-refractivity contribution < 1.29 is 9.53 Å². The Labute approximate surface area is 191 Å². The highest BCUT2D eigenvalue weighted by Crippen LogP contribution is 2.41. The van der Waals surface area contributed by atoms with Crippen molar-refractivity contribution in [2.24, 2.45) is 0 Å². The number of hydrogen-bond acceptors (Lipinski definition) is 4. The zero-order valence-corrected chi connectivity index (χ0v) is 19.3. The Kier molecular flexibility index (Phi) is 6.33. The van der Waals surface area contributed by atoms with Crippen LogP contribution in [0.15, 0.2) is 30.3 Å². The van der Waals surface area contributed by atoms with Gasteiger partial charge in [0.05, 0.1) is 13.2 Å². The maximum Gasteiger partial charge on any atom is 0.274 e. The molecule has 3 aliphatic rings. The lowest BCUT2D eigenvalue weighted by atomic mass is 9.78. The molecule has 1 aromatic carbocycles. The number of benzene rings is 1. The molecule has 1 N–H and O–H groups in total. The minimum atomic E-state index is 0.0777. The molecule has 1 saturated heterocycles. The zero-order chi connectivity index (χ0) is 22.0. The van der Waals surface area contributed by atoms with E-state index >= 15 is 0 Å². The van der Waals surface area contributed by atoms with Crippen LogP contribution >= 0.6 is 0 Å². The standard InChI is InChI=1S/C26H36N4O2/c1-2-30-23-11-10-21(18-22(23)24(28-30)25(31)29-14-16-32-17-15-29)27-19-26(12-6-7-13-26)20-8-4-3-5-9-20/h3-5,8-9,21,27H,2,6-7,10-19H2,1H3. The molecule has 1 amide bonds. The zero-order valence-electron chi connectivity index (χ0n) is 19.3. The van der Waals surface area contributed by atoms with Crippen molar-refractivity contribution >= 4 is 5.91 Å². The van der Waals surface area contributed by atoms with Crippen LogP contribution in [0, 0.1) is 0 Å². The molecule has 1 atom stereocenters. The maximum atomic E-state index is 13.3. The lowest BCUT2D eigenvalue weighted by Gasteiger charge is -2.34. The number of rotatable bonds is 6. The van der Waals surface area contributed by atoms with Crippen LogP contribution in [0.2, 0.25) is 0 Å². The molecule has 0 radical (unpaired) electrons. The lowest BCUT2D eigenvalue weighted by molar-refractivity contribution is 0.0297. The molecule has 6 nitrogen and oxygen atoms in total. The molecule has 1 saturated carbocycles. The largest absolute Gasteiger partial charge is 0.378 e. The minimum Gasteiger partial charge on any atom is -0.378 e. The summed E-state index contributed by atoms with van der Waals surface area (Å²) >= 11 is 0. The van der Waals surface area contributed by atoms with E-state index in [0.717, 1.165) is 32.4 Å². The van der Waals surface area contributed by atoms with Crippen LogP contribution in [0.3, 0.4) is 0 Å². The minimum absolute atomic E-state index is 0.0777. The maximum absolute atomic E-state index is 13.3. The van der Waals surface area contributed by atoms with Gasteiger partial charge in [-0.2, -0.15) is 5.10 Å². The van der Waals surface area contributed by atoms with Gasteiger partial charge < -0.3 is 15.0 Å². The number of ether oxygens (including phenoxy) is 1. The number of nitrogens with zero attached hydrogens (tertiary/aromatic N) is 3. The highest BCUT2D eigenvalue weighted by atomic mass is 16.5. The first kappa shape index (κ1) is 21.7. The number of carbonyl (C=O) groups excluding carboxylic acids is 1. The van der Waals surface area contributed by atoms with Gasteiger partial charge in [0, 0.05) is 48.9 Å². The fraction of sp³-hybridized carbons (Fsp3) is 0.615. The quantitative estimate of drug-likeness (QED) is 0.755. The summed E-state index contributed by atoms with van der Waals surface area (Å²) in [7, 11) is 0. The number of aromatic nitrogens is 2. The summed E-state index contributed by atoms with van der Waals surface area (Å²) in [5, 5.41) is 8.71. The number of aryl methyl sites for hydroxylation is 1. The molecule has 0 spiro atoms. The van der Waals surface area contributed by atoms with E-state index in [0.29, 0.717) is 38.0 Å². The van der Waals surface area contributed by atoms with E-state index in [1.807, 2.05) is 4.90 Å². The summed E-state index contributed by atoms with van der Waals surface area (Å²) in [6.07, 6.45) is 8.13. The second-order valence-corrected chi connectivity index (χ2v) is 9.67. The van der Waals surface area contributed by atoms with Crippen molar-refractivity contribution in [1.29, 1.82) is 0 Å². The molecule has 5 rings (SSSR count). The molecule has 2 aliphatic carbocycles. The third-order valence-electron chi connectivity index (χ3n) is 7.82. The van der Waals surface area contributed by atoms with E-state index in [4.69, 9.17) is 9.84 Å². The van der Waals surface area contributed by atoms with E-state index in [9.17, 15) is 4.79 Å². The molecule has 1 aliphatic heterocycles. The molecule has 1 aromatic heterocycles. The van der Waals surface area contributed by atoms with Gasteiger partial charge >= 0.3 is 0 Å². The number of carbonyl (C=O) groups is 1. The molecular weight excluding hydrogens is 400 g/mol. The van der Waals surface area contributed by atoms with Crippen molar-refractivity contribution in [3.63, 3.8) is 0 Å². The van der Waals surface area contributed by atoms with Crippen molar-refractivity contribution in [3.8, 4) is 0 Å². The molecule has 2 fully saturated rings. The monoisotopic (exact) mass is 436 g/mol. The van der Waals surface area contributed by atoms with Crippen LogP contribution < -0.4 is 5.32 Å². The first-order valence-corrected chi connectivity index (χ1v) is 12.4. The van der Waals surface area contributed by atoms with Gasteiger partial charge in [-0.3, -0.25) is 9.48 Å². The van der Waals surface area contributed by atoms with E-state index < -0.39 is 0 Å². The Morgan fingerprint density at radius 3 is 2.66 bits per heavy atom. The Balaban J connectivity index is 1.33. The van der Waals surface area contributed by atoms with Crippen LogP contribution in [0.4, 0.5) is 0 Å². The Hall–Kier alpha value is -2.18. The van der Waals surface area contributed by atoms with Gasteiger partial charge in [-0.05, 0) is 44.6 Å². The highest BCUT2D eigenvalue weighted by Gasteiger charge is 2.37. The predicted molar refractivity (Wildman–Crippen MR) is 125 cm³/mol. The van der Waals surface area contributed by atoms with Crippen molar-refractivity contribution in [2.75, 3.05) is 32.8 Å². The van der Waals surface area contributed by atoms with Crippen LogP contribution in [0.1, 0.15) is 66.3 Å². The number of hydrogen-bond donors (Lipinski definition) is 1. The summed E-state index contributed by atoms with van der Waals surface area (Å²) in [5.41, 5.74) is 4.84. The fourth-order valence-electron chi connectivity index (χ4n) is 5.96.